The van der Waals surface area contributed by atoms with Crippen molar-refractivity contribution in [1.29, 1.82) is 0 Å². The summed E-state index contributed by atoms with van der Waals surface area (Å²) < 4.78 is 302. The molecule has 12 rings (SSSR count). The number of hydrogen-bond acceptors (Lipinski definition) is 2. The van der Waals surface area contributed by atoms with Gasteiger partial charge in [0.15, 0.2) is 0 Å². The SMILES string of the molecule is [2H]c1c([2H])c(-c2c3c([2H])c([2H])c([2H])c([2H])c3c(-c3c([2H])c([2H])c(-c4c([2H])c([2H])c([2H])c5c([2H])c([2H])c([2H])c([2H])c45)c([2H])c3[2H])c3c([2H])c([2H])c([2H])c([2H])c23)c([2H])c([2H])c1-c1c([2H])c([2H])c2c(oc3c([2H])c([2H])c4oc5c([2H])c([2H])c([2H])c([2H])c5c4c32)c1[2H]. The number of hydrogen-bond donors (Lipinski definition) is 0. The molecule has 2 aromatic heterocycles. The van der Waals surface area contributed by atoms with Crippen molar-refractivity contribution in [3.8, 4) is 44.5 Å². The number of rotatable bonds is 4. The van der Waals surface area contributed by atoms with Crippen molar-refractivity contribution < 1.29 is 52.7 Å². The molecule has 0 aliphatic carbocycles. The topological polar surface area (TPSA) is 26.3 Å². The van der Waals surface area contributed by atoms with Crippen LogP contribution in [-0.4, -0.2) is 0 Å². The second kappa shape index (κ2) is 12.0. The van der Waals surface area contributed by atoms with Crippen LogP contribution in [0, 0.1) is 0 Å². The van der Waals surface area contributed by atoms with Crippen LogP contribution in [0.3, 0.4) is 0 Å². The van der Waals surface area contributed by atoms with Crippen molar-refractivity contribution in [3.63, 3.8) is 0 Å². The first kappa shape index (κ1) is 13.1. The molecule has 0 spiro atoms. The van der Waals surface area contributed by atoms with Crippen LogP contribution in [0.5, 0.6) is 0 Å². The molecule has 0 unspecified atom stereocenters. The van der Waals surface area contributed by atoms with E-state index in [-0.39, 0.29) is 16.2 Å². The van der Waals surface area contributed by atoms with E-state index in [0.717, 1.165) is 0 Å². The second-order valence-corrected chi connectivity index (χ2v) is 12.3. The van der Waals surface area contributed by atoms with E-state index >= 15 is 0 Å². The Balaban J connectivity index is 1.20. The van der Waals surface area contributed by atoms with Gasteiger partial charge in [-0.15, -0.1) is 0 Å². The molecule has 0 saturated heterocycles. The minimum atomic E-state index is -1.15. The lowest BCUT2D eigenvalue weighted by molar-refractivity contribution is 0.663. The Morgan fingerprint density at radius 3 is 1.36 bits per heavy atom. The lowest BCUT2D eigenvalue weighted by Gasteiger charge is -2.18. The standard InChI is InChI=1S/C54H32O2/c1-2-12-39-34(10-1)11-9-18-40(39)35-22-26-37(27-23-35)52-43-15-5-3-13-41(43)51(42-14-4-6-16-44(42)52)36-24-20-33(21-25-36)38-28-29-46-50(32-38)56-49-31-30-48-53(54(46)49)45-17-7-8-19-47(45)55-48/h1-32H/i1D,2D,3D,4D,5D,6D,7D,8D,9D,10D,11D,12D,13D,14D,15D,16D,17D,18D,19D,20D,21D,22D,23D,24D,25D,26D,27D,28D,29D,30D,31D,32D. The molecular weight excluding hydrogens is 681 g/mol. The average molecular weight is 745 g/mol. The number of fused-ring (bicyclic) bond motifs is 10. The molecule has 2 heteroatoms. The van der Waals surface area contributed by atoms with Gasteiger partial charge in [0.25, 0.3) is 0 Å². The maximum atomic E-state index is 9.69. The fourth-order valence-corrected chi connectivity index (χ4v) is 6.87. The van der Waals surface area contributed by atoms with E-state index < -0.39 is 298 Å². The maximum Gasteiger partial charge on any atom is 0.136 e. The van der Waals surface area contributed by atoms with Crippen molar-refractivity contribution in [2.24, 2.45) is 0 Å². The maximum absolute atomic E-state index is 9.69. The highest BCUT2D eigenvalue weighted by Crippen LogP contribution is 2.45. The van der Waals surface area contributed by atoms with E-state index in [2.05, 4.69) is 0 Å². The van der Waals surface area contributed by atoms with Gasteiger partial charge in [0.1, 0.15) is 22.3 Å². The van der Waals surface area contributed by atoms with E-state index in [1.54, 1.807) is 0 Å². The predicted molar refractivity (Wildman–Crippen MR) is 235 cm³/mol. The molecule has 56 heavy (non-hydrogen) atoms. The smallest absolute Gasteiger partial charge is 0.136 e. The molecule has 12 aromatic rings. The fraction of sp³-hybridized carbons (Fsp3) is 0. The molecule has 0 N–H and O–H groups in total. The van der Waals surface area contributed by atoms with Crippen LogP contribution in [0.25, 0.3) is 121 Å². The Hall–Kier alpha value is -7.42. The summed E-state index contributed by atoms with van der Waals surface area (Å²) in [5.74, 6) is 0. The summed E-state index contributed by atoms with van der Waals surface area (Å²) in [6.07, 6.45) is 0. The van der Waals surface area contributed by atoms with Crippen LogP contribution in [0.15, 0.2) is 202 Å². The van der Waals surface area contributed by atoms with Gasteiger partial charge >= 0.3 is 0 Å². The minimum Gasteiger partial charge on any atom is -0.456 e. The van der Waals surface area contributed by atoms with Gasteiger partial charge in [-0.2, -0.15) is 0 Å². The molecule has 0 amide bonds. The van der Waals surface area contributed by atoms with Gasteiger partial charge in [0.2, 0.25) is 0 Å². The van der Waals surface area contributed by atoms with E-state index in [9.17, 15) is 20.6 Å². The monoisotopic (exact) mass is 744 g/mol. The highest BCUT2D eigenvalue weighted by molar-refractivity contribution is 6.26. The third-order valence-corrected chi connectivity index (χ3v) is 9.27. The van der Waals surface area contributed by atoms with E-state index in [1.807, 2.05) is 0 Å². The van der Waals surface area contributed by atoms with Crippen LogP contribution in [0.2, 0.25) is 0 Å². The molecule has 10 aromatic carbocycles. The van der Waals surface area contributed by atoms with Crippen LogP contribution >= 0.6 is 0 Å². The van der Waals surface area contributed by atoms with Gasteiger partial charge in [-0.25, -0.2) is 0 Å². The summed E-state index contributed by atoms with van der Waals surface area (Å²) in [7, 11) is 0. The van der Waals surface area contributed by atoms with Crippen molar-refractivity contribution in [2.75, 3.05) is 0 Å². The summed E-state index contributed by atoms with van der Waals surface area (Å²) in [6.45, 7) is 0. The van der Waals surface area contributed by atoms with Crippen LogP contribution < -0.4 is 0 Å². The molecule has 2 heterocycles. The molecule has 0 aliphatic rings. The molecule has 2 nitrogen and oxygen atoms in total. The van der Waals surface area contributed by atoms with Crippen molar-refractivity contribution in [3.05, 3.63) is 193 Å². The predicted octanol–water partition coefficient (Wildman–Crippen LogP) is 15.6. The molecular formula is C54H32O2. The number of para-hydroxylation sites is 1. The Morgan fingerprint density at radius 1 is 0.286 bits per heavy atom. The second-order valence-electron chi connectivity index (χ2n) is 12.3. The Labute approximate surface area is 367 Å². The quantitative estimate of drug-likeness (QED) is 0.168. The van der Waals surface area contributed by atoms with E-state index in [0.29, 0.717) is 0 Å². The zero-order valence-corrected chi connectivity index (χ0v) is 27.8. The molecule has 0 saturated carbocycles. The Bertz CT molecular complexity index is 5260. The van der Waals surface area contributed by atoms with Crippen LogP contribution in [0.1, 0.15) is 43.9 Å². The van der Waals surface area contributed by atoms with Gasteiger partial charge in [-0.05, 0) is 107 Å². The molecule has 0 radical (unpaired) electrons. The molecule has 0 aliphatic heterocycles. The summed E-state index contributed by atoms with van der Waals surface area (Å²) in [4.78, 5) is 0. The third kappa shape index (κ3) is 4.63. The summed E-state index contributed by atoms with van der Waals surface area (Å²) in [6, 6.07) is -30.5. The first-order valence-corrected chi connectivity index (χ1v) is 16.6. The van der Waals surface area contributed by atoms with Crippen molar-refractivity contribution in [1.82, 2.24) is 0 Å². The zero-order chi connectivity index (χ0) is 64.6. The van der Waals surface area contributed by atoms with Gasteiger partial charge in [0, 0.05) is 21.5 Å². The summed E-state index contributed by atoms with van der Waals surface area (Å²) >= 11 is 0. The average Bonchev–Trinajstić information content (AvgIpc) is 0.964. The largest absolute Gasteiger partial charge is 0.456 e. The summed E-state index contributed by atoms with van der Waals surface area (Å²) in [5, 5.41) is -5.76. The normalized spacial score (nSPS) is 19.9. The van der Waals surface area contributed by atoms with Gasteiger partial charge in [-0.1, -0.05) is 163 Å². The van der Waals surface area contributed by atoms with Gasteiger partial charge < -0.3 is 8.83 Å². The molecule has 0 fully saturated rings. The van der Waals surface area contributed by atoms with E-state index in [1.165, 1.54) is 0 Å². The number of furan rings is 2. The molecule has 0 bridgehead atoms. The van der Waals surface area contributed by atoms with Crippen LogP contribution in [-0.2, 0) is 0 Å². The van der Waals surface area contributed by atoms with Gasteiger partial charge in [-0.3, -0.25) is 0 Å². The lowest BCUT2D eigenvalue weighted by atomic mass is 9.85. The fourth-order valence-electron chi connectivity index (χ4n) is 6.87. The minimum absolute atomic E-state index is 0.237. The number of benzene rings is 10. The van der Waals surface area contributed by atoms with Crippen LogP contribution in [0.4, 0.5) is 0 Å². The Kier molecular flexibility index (Phi) is 2.82. The highest BCUT2D eigenvalue weighted by Gasteiger charge is 2.19. The van der Waals surface area contributed by atoms with Crippen molar-refractivity contribution in [2.45, 2.75) is 0 Å². The lowest BCUT2D eigenvalue weighted by Crippen LogP contribution is -1.91. The zero-order valence-electron chi connectivity index (χ0n) is 59.8. The third-order valence-electron chi connectivity index (χ3n) is 9.27. The Morgan fingerprint density at radius 2 is 0.732 bits per heavy atom. The van der Waals surface area contributed by atoms with Crippen molar-refractivity contribution >= 4 is 76.2 Å². The molecule has 0 atom stereocenters. The highest BCUT2D eigenvalue weighted by atomic mass is 16.3. The summed E-state index contributed by atoms with van der Waals surface area (Å²) in [5.41, 5.74) is -8.74. The first-order valence-electron chi connectivity index (χ1n) is 32.6. The first-order chi connectivity index (χ1) is 41.1. The molecule has 260 valence electrons. The van der Waals surface area contributed by atoms with Gasteiger partial charge in [0.05, 0.1) is 43.9 Å². The van der Waals surface area contributed by atoms with E-state index in [4.69, 9.17) is 32.1 Å².